The van der Waals surface area contributed by atoms with Gasteiger partial charge in [0.05, 0.1) is 36.6 Å². The van der Waals surface area contributed by atoms with Crippen LogP contribution in [0.2, 0.25) is 0 Å². The van der Waals surface area contributed by atoms with Crippen LogP contribution < -0.4 is 26.0 Å². The van der Waals surface area contributed by atoms with E-state index in [1.165, 1.54) is 12.6 Å². The maximum absolute atomic E-state index is 13.3. The van der Waals surface area contributed by atoms with Gasteiger partial charge in [-0.1, -0.05) is 25.0 Å². The predicted octanol–water partition coefficient (Wildman–Crippen LogP) is 4.35. The SMILES string of the molecule is CC(=O)c1c(C)c2cnc(Nc3ccc(N4CCOCC4)cn3)nc2n(C2CCCC2)c1=O.CN1CCN(c2ccc(C3CCC(=O)NC3=O)cc2)CC1. The summed E-state index contributed by atoms with van der Waals surface area (Å²) < 4.78 is 7.12. The summed E-state index contributed by atoms with van der Waals surface area (Å²) in [5.41, 5.74) is 4.44. The minimum atomic E-state index is -0.253. The van der Waals surface area contributed by atoms with Gasteiger partial charge in [0.15, 0.2) is 5.78 Å². The number of likely N-dealkylation sites (N-methyl/N-ethyl adjacent to an activating group) is 1. The van der Waals surface area contributed by atoms with Crippen molar-refractivity contribution in [2.45, 2.75) is 64.3 Å². The molecule has 14 heteroatoms. The summed E-state index contributed by atoms with van der Waals surface area (Å²) in [6.45, 7) is 10.6. The van der Waals surface area contributed by atoms with Gasteiger partial charge >= 0.3 is 0 Å². The number of piperidine rings is 1. The molecule has 4 fully saturated rings. The molecule has 8 rings (SSSR count). The molecule has 1 aromatic carbocycles. The molecule has 0 radical (unpaired) electrons. The molecule has 3 saturated heterocycles. The third-order valence-electron chi connectivity index (χ3n) is 11.0. The highest BCUT2D eigenvalue weighted by Crippen LogP contribution is 2.32. The van der Waals surface area contributed by atoms with E-state index >= 15 is 0 Å². The molecule has 14 nitrogen and oxygen atoms in total. The van der Waals surface area contributed by atoms with Crippen LogP contribution in [0.25, 0.3) is 11.0 Å². The lowest BCUT2D eigenvalue weighted by Crippen LogP contribution is -2.44. The zero-order valence-corrected chi connectivity index (χ0v) is 31.3. The van der Waals surface area contributed by atoms with Crippen LogP contribution >= 0.6 is 0 Å². The zero-order valence-electron chi connectivity index (χ0n) is 31.3. The standard InChI is InChI=1S/C24H28N6O3.C16H21N3O2/c1-15-19-14-26-24(27-20-8-7-18(13-25-20)29-9-11-33-12-10-29)28-22(19)30(17-5-3-4-6-17)23(32)21(15)16(2)31;1-18-8-10-19(11-9-18)13-4-2-12(3-5-13)14-6-7-15(20)17-16(14)21/h7-8,13-14,17H,3-6,9-12H2,1-2H3,(H,25,26,27,28);2-5,14H,6-11H2,1H3,(H,17,20,21). The molecule has 4 aromatic rings. The second kappa shape index (κ2) is 16.4. The third kappa shape index (κ3) is 8.14. The van der Waals surface area contributed by atoms with Crippen molar-refractivity contribution in [1.29, 1.82) is 0 Å². The smallest absolute Gasteiger partial charge is 0.263 e. The summed E-state index contributed by atoms with van der Waals surface area (Å²) >= 11 is 0. The number of hydrogen-bond donors (Lipinski definition) is 2. The number of hydrogen-bond acceptors (Lipinski definition) is 12. The number of carbonyl (C=O) groups is 3. The summed E-state index contributed by atoms with van der Waals surface area (Å²) in [4.78, 5) is 69.3. The van der Waals surface area contributed by atoms with E-state index in [2.05, 4.69) is 54.5 Å². The maximum atomic E-state index is 13.3. The second-order valence-electron chi connectivity index (χ2n) is 14.6. The van der Waals surface area contributed by atoms with Crippen LogP contribution in [-0.2, 0) is 14.3 Å². The Morgan fingerprint density at radius 3 is 2.19 bits per heavy atom. The fraction of sp³-hybridized carbons (Fsp3) is 0.475. The summed E-state index contributed by atoms with van der Waals surface area (Å²) in [5, 5.41) is 6.31. The maximum Gasteiger partial charge on any atom is 0.263 e. The van der Waals surface area contributed by atoms with Crippen LogP contribution in [0.15, 0.2) is 53.6 Å². The first-order valence-corrected chi connectivity index (χ1v) is 19.0. The van der Waals surface area contributed by atoms with Crippen LogP contribution in [0.4, 0.5) is 23.1 Å². The number of aromatic nitrogens is 4. The Bertz CT molecular complexity index is 2050. The fourth-order valence-electron chi connectivity index (χ4n) is 7.89. The number of nitrogens with one attached hydrogen (secondary N) is 2. The second-order valence-corrected chi connectivity index (χ2v) is 14.6. The summed E-state index contributed by atoms with van der Waals surface area (Å²) in [7, 11) is 2.14. The van der Waals surface area contributed by atoms with E-state index in [1.54, 1.807) is 17.7 Å². The minimum absolute atomic E-state index is 0.0485. The lowest BCUT2D eigenvalue weighted by Gasteiger charge is -2.34. The number of carbonyl (C=O) groups excluding carboxylic acids is 3. The highest BCUT2D eigenvalue weighted by Gasteiger charge is 2.28. The first-order valence-electron chi connectivity index (χ1n) is 19.0. The lowest BCUT2D eigenvalue weighted by molar-refractivity contribution is -0.134. The molecule has 2 amide bonds. The molecule has 4 aliphatic rings. The Labute approximate surface area is 314 Å². The molecule has 0 spiro atoms. The van der Waals surface area contributed by atoms with Crippen LogP contribution in [0.3, 0.4) is 0 Å². The first kappa shape index (κ1) is 37.1. The van der Waals surface area contributed by atoms with Crippen molar-refractivity contribution < 1.29 is 19.1 Å². The number of Topliss-reactive ketones (excluding diaryl/α,β-unsaturated/α-hetero) is 1. The molecule has 284 valence electrons. The molecular formula is C40H49N9O5. The van der Waals surface area contributed by atoms with Crippen molar-refractivity contribution in [2.24, 2.45) is 0 Å². The zero-order chi connectivity index (χ0) is 37.8. The van der Waals surface area contributed by atoms with Gasteiger partial charge in [-0.15, -0.1) is 0 Å². The van der Waals surface area contributed by atoms with Crippen molar-refractivity contribution in [3.63, 3.8) is 0 Å². The van der Waals surface area contributed by atoms with Gasteiger partial charge in [0, 0.05) is 69.0 Å². The molecule has 2 N–H and O–H groups in total. The van der Waals surface area contributed by atoms with Crippen molar-refractivity contribution >= 4 is 51.8 Å². The molecule has 6 heterocycles. The van der Waals surface area contributed by atoms with Crippen molar-refractivity contribution in [1.82, 2.24) is 29.7 Å². The highest BCUT2D eigenvalue weighted by molar-refractivity contribution is 6.01. The Balaban J connectivity index is 0.000000184. The summed E-state index contributed by atoms with van der Waals surface area (Å²) in [6, 6.07) is 12.2. The molecule has 0 bridgehead atoms. The molecule has 1 saturated carbocycles. The summed E-state index contributed by atoms with van der Waals surface area (Å²) in [6.07, 6.45) is 8.51. The number of piperazine rings is 1. The average Bonchev–Trinajstić information content (AvgIpc) is 3.71. The normalized spacial score (nSPS) is 19.7. The number of fused-ring (bicyclic) bond motifs is 1. The first-order chi connectivity index (χ1) is 26.2. The number of rotatable bonds is 7. The third-order valence-corrected chi connectivity index (χ3v) is 11.0. The number of anilines is 4. The number of ether oxygens (including phenoxy) is 1. The van der Waals surface area contributed by atoms with Crippen LogP contribution in [0.1, 0.15) is 78.9 Å². The average molecular weight is 736 g/mol. The van der Waals surface area contributed by atoms with Gasteiger partial charge in [-0.05, 0) is 75.5 Å². The molecule has 3 aliphatic heterocycles. The van der Waals surface area contributed by atoms with E-state index in [-0.39, 0.29) is 40.7 Å². The van der Waals surface area contributed by atoms with Crippen LogP contribution in [0, 0.1) is 6.92 Å². The number of pyridine rings is 2. The molecule has 1 atom stereocenters. The van der Waals surface area contributed by atoms with E-state index in [1.807, 2.05) is 30.5 Å². The van der Waals surface area contributed by atoms with Gasteiger partial charge in [0.1, 0.15) is 11.5 Å². The summed E-state index contributed by atoms with van der Waals surface area (Å²) in [5.74, 6) is 0.250. The van der Waals surface area contributed by atoms with Gasteiger partial charge < -0.3 is 24.8 Å². The number of aryl methyl sites for hydroxylation is 1. The monoisotopic (exact) mass is 735 g/mol. The van der Waals surface area contributed by atoms with E-state index in [0.717, 1.165) is 94.8 Å². The molecule has 1 aliphatic carbocycles. The van der Waals surface area contributed by atoms with Gasteiger partial charge in [0.25, 0.3) is 5.56 Å². The number of benzene rings is 1. The Morgan fingerprint density at radius 1 is 0.852 bits per heavy atom. The van der Waals surface area contributed by atoms with Crippen LogP contribution in [-0.4, -0.2) is 102 Å². The van der Waals surface area contributed by atoms with Crippen molar-refractivity contribution in [2.75, 3.05) is 74.6 Å². The molecule has 54 heavy (non-hydrogen) atoms. The molecule has 1 unspecified atom stereocenters. The minimum Gasteiger partial charge on any atom is -0.378 e. The topological polar surface area (TPSA) is 155 Å². The molecule has 3 aromatic heterocycles. The van der Waals surface area contributed by atoms with E-state index in [4.69, 9.17) is 9.72 Å². The van der Waals surface area contributed by atoms with Gasteiger partial charge in [-0.3, -0.25) is 29.1 Å². The lowest BCUT2D eigenvalue weighted by atomic mass is 9.90. The van der Waals surface area contributed by atoms with Crippen molar-refractivity contribution in [3.8, 4) is 0 Å². The number of nitrogens with zero attached hydrogens (tertiary/aromatic N) is 7. The van der Waals surface area contributed by atoms with Crippen LogP contribution in [0.5, 0.6) is 0 Å². The van der Waals surface area contributed by atoms with E-state index < -0.39 is 0 Å². The highest BCUT2D eigenvalue weighted by atomic mass is 16.5. The number of ketones is 1. The Morgan fingerprint density at radius 2 is 1.54 bits per heavy atom. The Kier molecular flexibility index (Phi) is 11.3. The van der Waals surface area contributed by atoms with Gasteiger partial charge in [-0.2, -0.15) is 4.98 Å². The van der Waals surface area contributed by atoms with Crippen molar-refractivity contribution in [3.05, 3.63) is 75.8 Å². The largest absolute Gasteiger partial charge is 0.378 e. The molecular weight excluding hydrogens is 686 g/mol. The number of morpholine rings is 1. The number of amides is 2. The fourth-order valence-corrected chi connectivity index (χ4v) is 7.89. The number of imide groups is 1. The van der Waals surface area contributed by atoms with E-state index in [9.17, 15) is 19.2 Å². The van der Waals surface area contributed by atoms with Gasteiger partial charge in [0.2, 0.25) is 17.8 Å². The predicted molar refractivity (Wildman–Crippen MR) is 208 cm³/mol. The van der Waals surface area contributed by atoms with Gasteiger partial charge in [-0.25, -0.2) is 9.97 Å². The quantitative estimate of drug-likeness (QED) is 0.205. The Hall–Kier alpha value is -5.21. The van der Waals surface area contributed by atoms with E-state index in [0.29, 0.717) is 35.8 Å².